The molecule has 5 heteroatoms. The zero-order chi connectivity index (χ0) is 11.5. The number of anilines is 1. The fraction of sp³-hybridized carbons (Fsp3) is 0.0909. The van der Waals surface area contributed by atoms with Gasteiger partial charge in [0.25, 0.3) is 5.88 Å². The molecule has 0 bridgehead atoms. The molecule has 0 aliphatic heterocycles. The van der Waals surface area contributed by atoms with E-state index < -0.39 is 0 Å². The molecule has 82 valence electrons. The maximum Gasteiger partial charge on any atom is 0.256 e. The molecule has 0 spiro atoms. The Kier molecular flexibility index (Phi) is 2.87. The van der Waals surface area contributed by atoms with Crippen LogP contribution in [0, 0.1) is 12.5 Å². The van der Waals surface area contributed by atoms with E-state index >= 15 is 0 Å². The molecule has 2 rings (SSSR count). The summed E-state index contributed by atoms with van der Waals surface area (Å²) in [5.74, 6) is 0.0293. The Bertz CT molecular complexity index is 547. The molecular formula is C11H11N3OS. The SMILES string of the molecule is C=C(N=N)ONc1ccc2sc(C)cc2c1. The van der Waals surface area contributed by atoms with E-state index in [1.165, 1.54) is 15.0 Å². The highest BCUT2D eigenvalue weighted by Crippen LogP contribution is 2.27. The molecule has 0 unspecified atom stereocenters. The van der Waals surface area contributed by atoms with E-state index in [2.05, 4.69) is 30.2 Å². The second kappa shape index (κ2) is 4.32. The third-order valence-electron chi connectivity index (χ3n) is 2.05. The van der Waals surface area contributed by atoms with E-state index in [-0.39, 0.29) is 5.88 Å². The normalized spacial score (nSPS) is 10.1. The monoisotopic (exact) mass is 233 g/mol. The first-order chi connectivity index (χ1) is 7.69. The van der Waals surface area contributed by atoms with Crippen LogP contribution in [0.2, 0.25) is 0 Å². The van der Waals surface area contributed by atoms with Crippen molar-refractivity contribution in [2.75, 3.05) is 5.48 Å². The lowest BCUT2D eigenvalue weighted by molar-refractivity contribution is 0.277. The average Bonchev–Trinajstić information content (AvgIpc) is 2.65. The number of benzene rings is 1. The minimum absolute atomic E-state index is 0.0293. The minimum atomic E-state index is 0.0293. The van der Waals surface area contributed by atoms with Gasteiger partial charge in [-0.1, -0.05) is 0 Å². The number of fused-ring (bicyclic) bond motifs is 1. The molecule has 2 aromatic rings. The number of nitrogens with zero attached hydrogens (tertiary/aromatic N) is 1. The molecule has 0 saturated carbocycles. The van der Waals surface area contributed by atoms with E-state index in [0.29, 0.717) is 0 Å². The van der Waals surface area contributed by atoms with Crippen LogP contribution in [-0.2, 0) is 4.84 Å². The summed E-state index contributed by atoms with van der Waals surface area (Å²) in [5.41, 5.74) is 10.2. The van der Waals surface area contributed by atoms with Crippen molar-refractivity contribution >= 4 is 27.1 Å². The maximum atomic E-state index is 6.67. The summed E-state index contributed by atoms with van der Waals surface area (Å²) in [6, 6.07) is 8.04. The summed E-state index contributed by atoms with van der Waals surface area (Å²) in [4.78, 5) is 6.21. The fourth-order valence-corrected chi connectivity index (χ4v) is 2.28. The fourth-order valence-electron chi connectivity index (χ4n) is 1.38. The van der Waals surface area contributed by atoms with E-state index in [4.69, 9.17) is 10.4 Å². The summed E-state index contributed by atoms with van der Waals surface area (Å²) in [6.45, 7) is 5.50. The zero-order valence-corrected chi connectivity index (χ0v) is 9.60. The Hall–Kier alpha value is -1.88. The molecule has 1 heterocycles. The maximum absolute atomic E-state index is 6.67. The Labute approximate surface area is 97.0 Å². The molecule has 0 atom stereocenters. The van der Waals surface area contributed by atoms with Crippen LogP contribution in [0.25, 0.3) is 10.1 Å². The van der Waals surface area contributed by atoms with E-state index in [9.17, 15) is 0 Å². The van der Waals surface area contributed by atoms with Crippen LogP contribution in [0.4, 0.5) is 5.69 Å². The molecular weight excluding hydrogens is 222 g/mol. The van der Waals surface area contributed by atoms with Crippen LogP contribution in [0.3, 0.4) is 0 Å². The van der Waals surface area contributed by atoms with Crippen molar-refractivity contribution in [3.8, 4) is 0 Å². The predicted octanol–water partition coefficient (Wildman–Crippen LogP) is 4.06. The number of hydrogen-bond acceptors (Lipinski definition) is 5. The van der Waals surface area contributed by atoms with Gasteiger partial charge >= 0.3 is 0 Å². The lowest BCUT2D eigenvalue weighted by atomic mass is 10.2. The van der Waals surface area contributed by atoms with Gasteiger partial charge in [-0.15, -0.1) is 16.5 Å². The van der Waals surface area contributed by atoms with Gasteiger partial charge in [-0.05, 0) is 43.2 Å². The van der Waals surface area contributed by atoms with Gasteiger partial charge in [0.1, 0.15) is 0 Å². The van der Waals surface area contributed by atoms with Crippen LogP contribution in [0.1, 0.15) is 4.88 Å². The molecule has 16 heavy (non-hydrogen) atoms. The van der Waals surface area contributed by atoms with Gasteiger partial charge in [0.2, 0.25) is 0 Å². The standard InChI is InChI=1S/C11H11N3OS/c1-7-5-9-6-10(3-4-11(9)16-7)14-15-8(2)13-12/h3-6,12,14H,2H2,1H3. The predicted molar refractivity (Wildman–Crippen MR) is 65.6 cm³/mol. The van der Waals surface area contributed by atoms with Gasteiger partial charge in [-0.25, -0.2) is 11.0 Å². The molecule has 0 aliphatic carbocycles. The first-order valence-electron chi connectivity index (χ1n) is 4.68. The topological polar surface area (TPSA) is 57.5 Å². The van der Waals surface area contributed by atoms with Crippen molar-refractivity contribution in [3.05, 3.63) is 41.6 Å². The third kappa shape index (κ3) is 2.20. The van der Waals surface area contributed by atoms with Crippen molar-refractivity contribution in [1.82, 2.24) is 0 Å². The number of hydrogen-bond donors (Lipinski definition) is 2. The van der Waals surface area contributed by atoms with Crippen molar-refractivity contribution < 1.29 is 4.84 Å². The van der Waals surface area contributed by atoms with E-state index in [1.807, 2.05) is 18.2 Å². The molecule has 4 nitrogen and oxygen atoms in total. The average molecular weight is 233 g/mol. The van der Waals surface area contributed by atoms with Crippen molar-refractivity contribution in [2.24, 2.45) is 5.11 Å². The highest BCUT2D eigenvalue weighted by Gasteiger charge is 2.00. The molecule has 0 aliphatic rings. The minimum Gasteiger partial charge on any atom is -0.361 e. The number of rotatable bonds is 4. The first kappa shape index (κ1) is 10.6. The molecule has 1 aromatic heterocycles. The number of thiophene rings is 1. The van der Waals surface area contributed by atoms with Crippen LogP contribution in [-0.4, -0.2) is 0 Å². The lowest BCUT2D eigenvalue weighted by Gasteiger charge is -2.05. The van der Waals surface area contributed by atoms with Gasteiger partial charge in [0, 0.05) is 9.58 Å². The second-order valence-corrected chi connectivity index (χ2v) is 4.61. The van der Waals surface area contributed by atoms with Gasteiger partial charge in [0.05, 0.1) is 5.69 Å². The van der Waals surface area contributed by atoms with Crippen LogP contribution >= 0.6 is 11.3 Å². The highest BCUT2D eigenvalue weighted by molar-refractivity contribution is 7.19. The summed E-state index contributed by atoms with van der Waals surface area (Å²) < 4.78 is 1.24. The zero-order valence-electron chi connectivity index (χ0n) is 8.78. The summed E-state index contributed by atoms with van der Waals surface area (Å²) in [6.07, 6.45) is 0. The smallest absolute Gasteiger partial charge is 0.256 e. The molecule has 2 N–H and O–H groups in total. The first-order valence-corrected chi connectivity index (χ1v) is 5.50. The molecule has 0 amide bonds. The molecule has 1 aromatic carbocycles. The lowest BCUT2D eigenvalue weighted by Crippen LogP contribution is -1.98. The largest absolute Gasteiger partial charge is 0.361 e. The van der Waals surface area contributed by atoms with E-state index in [1.54, 1.807) is 11.3 Å². The van der Waals surface area contributed by atoms with Gasteiger partial charge in [-0.2, -0.15) is 0 Å². The summed E-state index contributed by atoms with van der Waals surface area (Å²) in [5, 5.41) is 4.21. The van der Waals surface area contributed by atoms with E-state index in [0.717, 1.165) is 5.69 Å². The van der Waals surface area contributed by atoms with Crippen LogP contribution in [0.5, 0.6) is 0 Å². The summed E-state index contributed by atoms with van der Waals surface area (Å²) in [7, 11) is 0. The Morgan fingerprint density at radius 3 is 3.06 bits per heavy atom. The summed E-state index contributed by atoms with van der Waals surface area (Å²) >= 11 is 1.76. The molecule has 0 fully saturated rings. The number of aryl methyl sites for hydroxylation is 1. The van der Waals surface area contributed by atoms with Crippen LogP contribution in [0.15, 0.2) is 41.8 Å². The number of nitrogens with one attached hydrogen (secondary N) is 2. The second-order valence-electron chi connectivity index (χ2n) is 3.32. The van der Waals surface area contributed by atoms with Gasteiger partial charge < -0.3 is 4.84 Å². The van der Waals surface area contributed by atoms with Crippen molar-refractivity contribution in [2.45, 2.75) is 6.92 Å². The van der Waals surface area contributed by atoms with Gasteiger partial charge in [-0.3, -0.25) is 0 Å². The Balaban J connectivity index is 2.19. The van der Waals surface area contributed by atoms with Crippen LogP contribution < -0.4 is 5.48 Å². The molecule has 0 radical (unpaired) electrons. The van der Waals surface area contributed by atoms with Crippen molar-refractivity contribution in [1.29, 1.82) is 5.53 Å². The quantitative estimate of drug-likeness (QED) is 0.475. The van der Waals surface area contributed by atoms with Crippen molar-refractivity contribution in [3.63, 3.8) is 0 Å². The highest BCUT2D eigenvalue weighted by atomic mass is 32.1. The molecule has 0 saturated heterocycles. The Morgan fingerprint density at radius 2 is 2.31 bits per heavy atom. The van der Waals surface area contributed by atoms with Gasteiger partial charge in [0.15, 0.2) is 0 Å². The third-order valence-corrected chi connectivity index (χ3v) is 3.08. The Morgan fingerprint density at radius 1 is 1.50 bits per heavy atom.